The largest absolute Gasteiger partial charge is 0.231 e. The molecule has 0 saturated carbocycles. The summed E-state index contributed by atoms with van der Waals surface area (Å²) in [5.41, 5.74) is 5.79. The van der Waals surface area contributed by atoms with E-state index in [1.165, 1.54) is 0 Å². The minimum absolute atomic E-state index is 0.590. The molecule has 0 amide bonds. The maximum Gasteiger partial charge on any atom is 0.0963 e. The normalized spacial score (nSPS) is 11.0. The predicted octanol–water partition coefficient (Wildman–Crippen LogP) is 8.35. The van der Waals surface area contributed by atoms with E-state index in [1.54, 1.807) is 12.1 Å². The molecule has 0 aliphatic carbocycles. The molecule has 0 aliphatic rings. The smallest absolute Gasteiger partial charge is 0.0963 e. The Morgan fingerprint density at radius 3 is 1.96 bits per heavy atom. The van der Waals surface area contributed by atoms with Crippen LogP contribution in [0.1, 0.15) is 5.56 Å². The number of rotatable bonds is 3. The van der Waals surface area contributed by atoms with Crippen LogP contribution < -0.4 is 0 Å². The predicted molar refractivity (Wildman–Crippen MR) is 125 cm³/mol. The van der Waals surface area contributed by atoms with Gasteiger partial charge in [-0.15, -0.1) is 0 Å². The molecule has 2 nitrogen and oxygen atoms in total. The summed E-state index contributed by atoms with van der Waals surface area (Å²) in [6.07, 6.45) is 0. The molecule has 0 aliphatic heterocycles. The van der Waals surface area contributed by atoms with Crippen LogP contribution >= 0.6 is 55.1 Å². The van der Waals surface area contributed by atoms with Crippen molar-refractivity contribution in [2.45, 2.75) is 6.92 Å². The van der Waals surface area contributed by atoms with E-state index in [4.69, 9.17) is 28.3 Å². The van der Waals surface area contributed by atoms with E-state index in [1.807, 2.05) is 35.0 Å². The van der Waals surface area contributed by atoms with E-state index in [9.17, 15) is 0 Å². The second kappa shape index (κ2) is 8.03. The Hall–Kier alpha value is -1.59. The van der Waals surface area contributed by atoms with Crippen molar-refractivity contribution in [3.63, 3.8) is 0 Å². The van der Waals surface area contributed by atoms with Crippen LogP contribution in [-0.4, -0.2) is 9.78 Å². The van der Waals surface area contributed by atoms with Gasteiger partial charge in [0, 0.05) is 30.7 Å². The van der Waals surface area contributed by atoms with Crippen molar-refractivity contribution < 1.29 is 0 Å². The summed E-state index contributed by atoms with van der Waals surface area (Å²) in [7, 11) is 0. The highest BCUT2D eigenvalue weighted by atomic mass is 79.9. The first-order chi connectivity index (χ1) is 13.4. The molecule has 6 heteroatoms. The molecule has 0 fully saturated rings. The Morgan fingerprint density at radius 1 is 0.786 bits per heavy atom. The number of aromatic nitrogens is 2. The number of nitrogens with zero attached hydrogens (tertiary/aromatic N) is 2. The van der Waals surface area contributed by atoms with Gasteiger partial charge in [-0.05, 0) is 49.4 Å². The maximum atomic E-state index is 6.51. The summed E-state index contributed by atoms with van der Waals surface area (Å²) in [5.74, 6) is 0. The van der Waals surface area contributed by atoms with E-state index in [2.05, 4.69) is 63.0 Å². The summed E-state index contributed by atoms with van der Waals surface area (Å²) in [6.45, 7) is 2.08. The van der Waals surface area contributed by atoms with Crippen molar-refractivity contribution >= 4 is 55.1 Å². The van der Waals surface area contributed by atoms with Gasteiger partial charge in [-0.25, -0.2) is 4.68 Å². The number of halogens is 4. The quantitative estimate of drug-likeness (QED) is 0.257. The lowest BCUT2D eigenvalue weighted by Gasteiger charge is -2.11. The topological polar surface area (TPSA) is 17.8 Å². The molecule has 0 atom stereocenters. The van der Waals surface area contributed by atoms with Crippen molar-refractivity contribution in [2.75, 3.05) is 0 Å². The third kappa shape index (κ3) is 3.79. The summed E-state index contributed by atoms with van der Waals surface area (Å²) >= 11 is 19.8. The van der Waals surface area contributed by atoms with Crippen molar-refractivity contribution in [1.82, 2.24) is 9.78 Å². The first-order valence-electron chi connectivity index (χ1n) is 8.51. The zero-order valence-corrected chi connectivity index (χ0v) is 19.4. The number of hydrogen-bond donors (Lipinski definition) is 0. The van der Waals surface area contributed by atoms with E-state index in [0.717, 1.165) is 42.7 Å². The molecule has 0 spiro atoms. The van der Waals surface area contributed by atoms with Gasteiger partial charge in [-0.1, -0.05) is 79.3 Å². The summed E-state index contributed by atoms with van der Waals surface area (Å²) in [4.78, 5) is 0. The summed E-state index contributed by atoms with van der Waals surface area (Å²) in [5, 5.41) is 6.13. The Kier molecular flexibility index (Phi) is 5.66. The average molecular weight is 537 g/mol. The molecular weight excluding hydrogens is 523 g/mol. The van der Waals surface area contributed by atoms with Gasteiger partial charge >= 0.3 is 0 Å². The lowest BCUT2D eigenvalue weighted by Crippen LogP contribution is -2.00. The van der Waals surface area contributed by atoms with Gasteiger partial charge in [0.15, 0.2) is 0 Å². The molecule has 1 heterocycles. The Bertz CT molecular complexity index is 1150. The van der Waals surface area contributed by atoms with Crippen LogP contribution in [0.2, 0.25) is 10.0 Å². The molecule has 3 aromatic carbocycles. The SMILES string of the molecule is Cc1c(-c2ccc(Br)cc2)nn(-c2cc(Cl)ccc2Cl)c1-c1ccc(Br)cc1. The highest BCUT2D eigenvalue weighted by Gasteiger charge is 2.20. The van der Waals surface area contributed by atoms with E-state index < -0.39 is 0 Å². The highest BCUT2D eigenvalue weighted by Crippen LogP contribution is 2.36. The second-order valence-electron chi connectivity index (χ2n) is 6.34. The summed E-state index contributed by atoms with van der Waals surface area (Å²) < 4.78 is 3.93. The minimum Gasteiger partial charge on any atom is -0.231 e. The highest BCUT2D eigenvalue weighted by molar-refractivity contribution is 9.10. The number of hydrogen-bond acceptors (Lipinski definition) is 1. The lowest BCUT2D eigenvalue weighted by atomic mass is 10.0. The Balaban J connectivity index is 2.00. The van der Waals surface area contributed by atoms with Gasteiger partial charge in [0.1, 0.15) is 0 Å². The fourth-order valence-corrected chi connectivity index (χ4v) is 4.04. The van der Waals surface area contributed by atoms with Gasteiger partial charge in [0.25, 0.3) is 0 Å². The van der Waals surface area contributed by atoms with E-state index in [0.29, 0.717) is 10.0 Å². The molecule has 0 N–H and O–H groups in total. The van der Waals surface area contributed by atoms with Gasteiger partial charge in [0.05, 0.1) is 22.1 Å². The maximum absolute atomic E-state index is 6.51. The van der Waals surface area contributed by atoms with Gasteiger partial charge in [-0.2, -0.15) is 5.10 Å². The second-order valence-corrected chi connectivity index (χ2v) is 9.02. The molecular formula is C22H14Br2Cl2N2. The molecule has 0 bridgehead atoms. The first-order valence-corrected chi connectivity index (χ1v) is 10.8. The van der Waals surface area contributed by atoms with Gasteiger partial charge in [0.2, 0.25) is 0 Å². The van der Waals surface area contributed by atoms with E-state index in [-0.39, 0.29) is 0 Å². The standard InChI is InChI=1S/C22H14Br2Cl2N2/c1-13-21(14-2-6-16(23)7-3-14)27-28(20-12-18(25)10-11-19(20)26)22(13)15-4-8-17(24)9-5-15/h2-12H,1H3. The Labute approximate surface area is 190 Å². The third-order valence-electron chi connectivity index (χ3n) is 4.49. The molecule has 0 unspecified atom stereocenters. The molecule has 140 valence electrons. The van der Waals surface area contributed by atoms with Crippen molar-refractivity contribution in [1.29, 1.82) is 0 Å². The Morgan fingerprint density at radius 2 is 1.36 bits per heavy atom. The van der Waals surface area contributed by atoms with Crippen LogP contribution in [0, 0.1) is 6.92 Å². The van der Waals surface area contributed by atoms with Crippen LogP contribution in [0.25, 0.3) is 28.2 Å². The molecule has 4 aromatic rings. The monoisotopic (exact) mass is 534 g/mol. The van der Waals surface area contributed by atoms with Gasteiger partial charge in [-0.3, -0.25) is 0 Å². The van der Waals surface area contributed by atoms with Crippen LogP contribution in [0.4, 0.5) is 0 Å². The zero-order chi connectivity index (χ0) is 19.8. The molecule has 1 aromatic heterocycles. The third-order valence-corrected chi connectivity index (χ3v) is 6.11. The molecule has 28 heavy (non-hydrogen) atoms. The van der Waals surface area contributed by atoms with Crippen LogP contribution in [0.3, 0.4) is 0 Å². The number of benzene rings is 3. The fraction of sp³-hybridized carbons (Fsp3) is 0.0455. The van der Waals surface area contributed by atoms with Crippen molar-refractivity contribution in [3.8, 4) is 28.2 Å². The van der Waals surface area contributed by atoms with E-state index >= 15 is 0 Å². The first kappa shape index (κ1) is 19.7. The van der Waals surface area contributed by atoms with Crippen LogP contribution in [-0.2, 0) is 0 Å². The molecule has 4 rings (SSSR count). The average Bonchev–Trinajstić information content (AvgIpc) is 3.02. The van der Waals surface area contributed by atoms with Crippen molar-refractivity contribution in [2.24, 2.45) is 0 Å². The zero-order valence-electron chi connectivity index (χ0n) is 14.8. The van der Waals surface area contributed by atoms with Crippen LogP contribution in [0.15, 0.2) is 75.7 Å². The molecule has 0 radical (unpaired) electrons. The minimum atomic E-state index is 0.590. The van der Waals surface area contributed by atoms with Gasteiger partial charge < -0.3 is 0 Å². The fourth-order valence-electron chi connectivity index (χ4n) is 3.15. The molecule has 0 saturated heterocycles. The summed E-state index contributed by atoms with van der Waals surface area (Å²) in [6, 6.07) is 21.7. The van der Waals surface area contributed by atoms with Crippen molar-refractivity contribution in [3.05, 3.63) is 91.3 Å². The lowest BCUT2D eigenvalue weighted by molar-refractivity contribution is 0.892. The van der Waals surface area contributed by atoms with Crippen LogP contribution in [0.5, 0.6) is 0 Å².